The second kappa shape index (κ2) is 3.23. The van der Waals surface area contributed by atoms with Crippen molar-refractivity contribution in [2.24, 2.45) is 0 Å². The standard InChI is InChI=1S/C8H13N3OS/c1-6-9-7(13-11-6)10-8(2)3-4-12-5-8/h3-5H2,1-2H3,(H,9,10,11)/t8-/m0/s1. The summed E-state index contributed by atoms with van der Waals surface area (Å²) in [6.45, 7) is 5.64. The van der Waals surface area contributed by atoms with Gasteiger partial charge >= 0.3 is 0 Å². The first-order valence-electron chi connectivity index (χ1n) is 4.34. The van der Waals surface area contributed by atoms with Crippen LogP contribution in [-0.2, 0) is 4.74 Å². The van der Waals surface area contributed by atoms with E-state index in [1.54, 1.807) is 0 Å². The van der Waals surface area contributed by atoms with Gasteiger partial charge in [0, 0.05) is 18.1 Å². The van der Waals surface area contributed by atoms with Crippen molar-refractivity contribution in [3.8, 4) is 0 Å². The van der Waals surface area contributed by atoms with E-state index in [1.165, 1.54) is 11.5 Å². The van der Waals surface area contributed by atoms with Crippen LogP contribution in [0.2, 0.25) is 0 Å². The third-order valence-corrected chi connectivity index (χ3v) is 2.88. The molecule has 13 heavy (non-hydrogen) atoms. The number of nitrogens with one attached hydrogen (secondary N) is 1. The van der Waals surface area contributed by atoms with Crippen LogP contribution in [0, 0.1) is 6.92 Å². The monoisotopic (exact) mass is 199 g/mol. The Morgan fingerprint density at radius 3 is 3.00 bits per heavy atom. The van der Waals surface area contributed by atoms with Gasteiger partial charge in [-0.2, -0.15) is 4.37 Å². The van der Waals surface area contributed by atoms with Crippen LogP contribution in [0.1, 0.15) is 19.2 Å². The largest absolute Gasteiger partial charge is 0.379 e. The highest BCUT2D eigenvalue weighted by molar-refractivity contribution is 7.09. The zero-order valence-electron chi connectivity index (χ0n) is 7.83. The Kier molecular flexibility index (Phi) is 2.21. The van der Waals surface area contributed by atoms with Gasteiger partial charge in [-0.3, -0.25) is 0 Å². The summed E-state index contributed by atoms with van der Waals surface area (Å²) < 4.78 is 9.45. The third-order valence-electron chi connectivity index (χ3n) is 2.16. The molecule has 2 rings (SSSR count). The Labute approximate surface area is 81.5 Å². The van der Waals surface area contributed by atoms with Gasteiger partial charge in [-0.05, 0) is 20.3 Å². The molecule has 0 spiro atoms. The molecule has 5 heteroatoms. The SMILES string of the molecule is Cc1nsc(N[C@@]2(C)CCOC2)n1. The Hall–Kier alpha value is -0.680. The fourth-order valence-electron chi connectivity index (χ4n) is 1.37. The molecule has 0 saturated carbocycles. The summed E-state index contributed by atoms with van der Waals surface area (Å²) in [5.41, 5.74) is 0.0476. The number of hydrogen-bond acceptors (Lipinski definition) is 5. The maximum atomic E-state index is 5.33. The fraction of sp³-hybridized carbons (Fsp3) is 0.750. The van der Waals surface area contributed by atoms with Crippen LogP contribution in [-0.4, -0.2) is 28.1 Å². The number of rotatable bonds is 2. The molecule has 1 fully saturated rings. The van der Waals surface area contributed by atoms with Crippen molar-refractivity contribution in [1.29, 1.82) is 0 Å². The Balaban J connectivity index is 2.04. The number of ether oxygens (including phenoxy) is 1. The molecule has 72 valence electrons. The second-order valence-corrected chi connectivity index (χ2v) is 4.39. The molecule has 1 aromatic rings. The van der Waals surface area contributed by atoms with Gasteiger partial charge in [0.15, 0.2) is 0 Å². The first kappa shape index (κ1) is 8.90. The average molecular weight is 199 g/mol. The molecule has 0 unspecified atom stereocenters. The van der Waals surface area contributed by atoms with E-state index in [2.05, 4.69) is 21.6 Å². The van der Waals surface area contributed by atoms with Crippen molar-refractivity contribution in [2.45, 2.75) is 25.8 Å². The maximum absolute atomic E-state index is 5.33. The molecular formula is C8H13N3OS. The van der Waals surface area contributed by atoms with Gasteiger partial charge in [0.05, 0.1) is 12.1 Å². The average Bonchev–Trinajstić information content (AvgIpc) is 2.62. The van der Waals surface area contributed by atoms with E-state index in [0.29, 0.717) is 0 Å². The summed E-state index contributed by atoms with van der Waals surface area (Å²) in [6.07, 6.45) is 1.03. The normalized spacial score (nSPS) is 27.8. The molecule has 0 amide bonds. The first-order chi connectivity index (χ1) is 6.18. The Bertz CT molecular complexity index is 293. The van der Waals surface area contributed by atoms with Crippen molar-refractivity contribution >= 4 is 16.7 Å². The molecule has 0 aromatic carbocycles. The molecule has 1 atom stereocenters. The van der Waals surface area contributed by atoms with E-state index in [1.807, 2.05) is 6.92 Å². The minimum absolute atomic E-state index is 0.0476. The van der Waals surface area contributed by atoms with E-state index in [0.717, 1.165) is 30.6 Å². The van der Waals surface area contributed by atoms with Gasteiger partial charge in [-0.1, -0.05) is 0 Å². The van der Waals surface area contributed by atoms with E-state index < -0.39 is 0 Å². The van der Waals surface area contributed by atoms with Crippen molar-refractivity contribution in [1.82, 2.24) is 9.36 Å². The van der Waals surface area contributed by atoms with E-state index >= 15 is 0 Å². The lowest BCUT2D eigenvalue weighted by molar-refractivity contribution is 0.185. The van der Waals surface area contributed by atoms with Crippen molar-refractivity contribution in [2.75, 3.05) is 18.5 Å². The third kappa shape index (κ3) is 1.97. The van der Waals surface area contributed by atoms with Crippen LogP contribution < -0.4 is 5.32 Å². The predicted octanol–water partition coefficient (Wildman–Crippen LogP) is 1.44. The topological polar surface area (TPSA) is 47.0 Å². The molecule has 1 aromatic heterocycles. The summed E-state index contributed by atoms with van der Waals surface area (Å²) in [5.74, 6) is 0.829. The van der Waals surface area contributed by atoms with Crippen LogP contribution in [0.3, 0.4) is 0 Å². The highest BCUT2D eigenvalue weighted by Crippen LogP contribution is 2.24. The molecule has 1 aliphatic rings. The first-order valence-corrected chi connectivity index (χ1v) is 5.12. The zero-order chi connectivity index (χ0) is 9.31. The minimum Gasteiger partial charge on any atom is -0.379 e. The van der Waals surface area contributed by atoms with Gasteiger partial charge < -0.3 is 10.1 Å². The van der Waals surface area contributed by atoms with Crippen LogP contribution >= 0.6 is 11.5 Å². The Morgan fingerprint density at radius 1 is 1.62 bits per heavy atom. The van der Waals surface area contributed by atoms with E-state index in [-0.39, 0.29) is 5.54 Å². The van der Waals surface area contributed by atoms with Gasteiger partial charge in [0.25, 0.3) is 0 Å². The molecule has 2 heterocycles. The highest BCUT2D eigenvalue weighted by atomic mass is 32.1. The number of hydrogen-bond donors (Lipinski definition) is 1. The molecule has 0 bridgehead atoms. The lowest BCUT2D eigenvalue weighted by atomic mass is 10.0. The smallest absolute Gasteiger partial charge is 0.203 e. The quantitative estimate of drug-likeness (QED) is 0.783. The predicted molar refractivity (Wildman–Crippen MR) is 52.1 cm³/mol. The van der Waals surface area contributed by atoms with E-state index in [4.69, 9.17) is 4.74 Å². The van der Waals surface area contributed by atoms with Crippen molar-refractivity contribution in [3.63, 3.8) is 0 Å². The van der Waals surface area contributed by atoms with Gasteiger partial charge in [-0.15, -0.1) is 0 Å². The van der Waals surface area contributed by atoms with E-state index in [9.17, 15) is 0 Å². The lowest BCUT2D eigenvalue weighted by Gasteiger charge is -2.22. The fourth-order valence-corrected chi connectivity index (χ4v) is 2.10. The number of nitrogens with zero attached hydrogens (tertiary/aromatic N) is 2. The lowest BCUT2D eigenvalue weighted by Crippen LogP contribution is -2.34. The molecule has 1 N–H and O–H groups in total. The summed E-state index contributed by atoms with van der Waals surface area (Å²) in [6, 6.07) is 0. The number of aryl methyl sites for hydroxylation is 1. The van der Waals surface area contributed by atoms with Crippen LogP contribution in [0.4, 0.5) is 5.13 Å². The molecule has 0 radical (unpaired) electrons. The molecule has 1 aliphatic heterocycles. The maximum Gasteiger partial charge on any atom is 0.203 e. The van der Waals surface area contributed by atoms with Crippen LogP contribution in [0.5, 0.6) is 0 Å². The van der Waals surface area contributed by atoms with Crippen LogP contribution in [0.25, 0.3) is 0 Å². The number of aromatic nitrogens is 2. The molecular weight excluding hydrogens is 186 g/mol. The molecule has 0 aliphatic carbocycles. The van der Waals surface area contributed by atoms with Gasteiger partial charge in [0.2, 0.25) is 5.13 Å². The van der Waals surface area contributed by atoms with Crippen molar-refractivity contribution < 1.29 is 4.74 Å². The second-order valence-electron chi connectivity index (χ2n) is 3.63. The van der Waals surface area contributed by atoms with Crippen molar-refractivity contribution in [3.05, 3.63) is 5.82 Å². The van der Waals surface area contributed by atoms with Gasteiger partial charge in [0.1, 0.15) is 5.82 Å². The molecule has 1 saturated heterocycles. The number of anilines is 1. The minimum atomic E-state index is 0.0476. The summed E-state index contributed by atoms with van der Waals surface area (Å²) in [5, 5.41) is 4.25. The van der Waals surface area contributed by atoms with Crippen LogP contribution in [0.15, 0.2) is 0 Å². The summed E-state index contributed by atoms with van der Waals surface area (Å²) >= 11 is 1.41. The summed E-state index contributed by atoms with van der Waals surface area (Å²) in [7, 11) is 0. The summed E-state index contributed by atoms with van der Waals surface area (Å²) in [4.78, 5) is 4.26. The zero-order valence-corrected chi connectivity index (χ0v) is 8.65. The highest BCUT2D eigenvalue weighted by Gasteiger charge is 2.30. The molecule has 4 nitrogen and oxygen atoms in total. The Morgan fingerprint density at radius 2 is 2.46 bits per heavy atom. The van der Waals surface area contributed by atoms with Gasteiger partial charge in [-0.25, -0.2) is 4.98 Å².